The van der Waals surface area contributed by atoms with Gasteiger partial charge in [0.15, 0.2) is 0 Å². The minimum atomic E-state index is -0.244. The fourth-order valence-electron chi connectivity index (χ4n) is 2.79. The summed E-state index contributed by atoms with van der Waals surface area (Å²) in [7, 11) is 0. The SMILES string of the molecule is CSc1cccc(N2CCc3ccc(F)cc32)c1C(=N)N. The second-order valence-corrected chi connectivity index (χ2v) is 5.79. The molecule has 1 heterocycles. The van der Waals surface area contributed by atoms with Gasteiger partial charge in [-0.15, -0.1) is 11.8 Å². The Hall–Kier alpha value is -2.01. The van der Waals surface area contributed by atoms with Crippen LogP contribution in [-0.4, -0.2) is 18.6 Å². The van der Waals surface area contributed by atoms with E-state index in [-0.39, 0.29) is 11.7 Å². The van der Waals surface area contributed by atoms with Crippen molar-refractivity contribution in [3.05, 3.63) is 53.3 Å². The molecule has 0 saturated carbocycles. The summed E-state index contributed by atoms with van der Waals surface area (Å²) in [4.78, 5) is 3.01. The third-order valence-corrected chi connectivity index (χ3v) is 4.51. The highest BCUT2D eigenvalue weighted by Crippen LogP contribution is 2.39. The average molecular weight is 301 g/mol. The summed E-state index contributed by atoms with van der Waals surface area (Å²) in [6, 6.07) is 10.7. The molecule has 3 N–H and O–H groups in total. The number of thioether (sulfide) groups is 1. The summed E-state index contributed by atoms with van der Waals surface area (Å²) in [6.45, 7) is 0.775. The Bertz CT molecular complexity index is 715. The first kappa shape index (κ1) is 13.9. The second-order valence-electron chi connectivity index (χ2n) is 4.94. The van der Waals surface area contributed by atoms with Gasteiger partial charge in [0.25, 0.3) is 0 Å². The van der Waals surface area contributed by atoms with Gasteiger partial charge < -0.3 is 10.6 Å². The van der Waals surface area contributed by atoms with Gasteiger partial charge in [-0.25, -0.2) is 4.39 Å². The maximum Gasteiger partial charge on any atom is 0.126 e. The van der Waals surface area contributed by atoms with E-state index in [0.717, 1.165) is 40.4 Å². The van der Waals surface area contributed by atoms with E-state index >= 15 is 0 Å². The zero-order chi connectivity index (χ0) is 15.0. The minimum Gasteiger partial charge on any atom is -0.384 e. The molecule has 0 spiro atoms. The van der Waals surface area contributed by atoms with Gasteiger partial charge in [-0.05, 0) is 42.5 Å². The van der Waals surface area contributed by atoms with Crippen LogP contribution in [0.25, 0.3) is 0 Å². The van der Waals surface area contributed by atoms with E-state index in [1.165, 1.54) is 6.07 Å². The predicted molar refractivity (Wildman–Crippen MR) is 86.3 cm³/mol. The van der Waals surface area contributed by atoms with Crippen LogP contribution in [0.1, 0.15) is 11.1 Å². The van der Waals surface area contributed by atoms with Gasteiger partial charge in [0.2, 0.25) is 0 Å². The van der Waals surface area contributed by atoms with Gasteiger partial charge in [-0.2, -0.15) is 0 Å². The Labute approximate surface area is 127 Å². The Morgan fingerprint density at radius 3 is 2.81 bits per heavy atom. The van der Waals surface area contributed by atoms with Crippen LogP contribution < -0.4 is 10.6 Å². The second kappa shape index (κ2) is 5.41. The highest BCUT2D eigenvalue weighted by molar-refractivity contribution is 7.98. The molecule has 0 aliphatic carbocycles. The van der Waals surface area contributed by atoms with E-state index in [9.17, 15) is 4.39 Å². The lowest BCUT2D eigenvalue weighted by Gasteiger charge is -2.24. The molecule has 5 heteroatoms. The lowest BCUT2D eigenvalue weighted by atomic mass is 10.1. The Morgan fingerprint density at radius 2 is 2.10 bits per heavy atom. The molecule has 0 saturated heterocycles. The van der Waals surface area contributed by atoms with Gasteiger partial charge in [-0.1, -0.05) is 12.1 Å². The first-order valence-electron chi connectivity index (χ1n) is 6.69. The number of amidine groups is 1. The van der Waals surface area contributed by atoms with E-state index in [0.29, 0.717) is 0 Å². The van der Waals surface area contributed by atoms with Crippen LogP contribution in [0.2, 0.25) is 0 Å². The van der Waals surface area contributed by atoms with Crippen LogP contribution in [0.3, 0.4) is 0 Å². The zero-order valence-electron chi connectivity index (χ0n) is 11.7. The molecule has 21 heavy (non-hydrogen) atoms. The van der Waals surface area contributed by atoms with Crippen molar-refractivity contribution >= 4 is 29.0 Å². The zero-order valence-corrected chi connectivity index (χ0v) is 12.5. The molecule has 1 aliphatic heterocycles. The number of anilines is 2. The average Bonchev–Trinajstić information content (AvgIpc) is 2.89. The van der Waals surface area contributed by atoms with E-state index in [1.807, 2.05) is 30.5 Å². The smallest absolute Gasteiger partial charge is 0.126 e. The van der Waals surface area contributed by atoms with Crippen molar-refractivity contribution in [2.24, 2.45) is 5.73 Å². The molecule has 2 aromatic rings. The maximum atomic E-state index is 13.6. The molecule has 0 atom stereocenters. The van der Waals surface area contributed by atoms with E-state index in [2.05, 4.69) is 4.90 Å². The number of fused-ring (bicyclic) bond motifs is 1. The predicted octanol–water partition coefficient (Wildman–Crippen LogP) is 3.53. The molecular formula is C16H16FN3S. The van der Waals surface area contributed by atoms with Crippen molar-refractivity contribution in [3.63, 3.8) is 0 Å². The number of nitrogens with one attached hydrogen (secondary N) is 1. The molecule has 0 unspecified atom stereocenters. The number of nitrogen functional groups attached to an aromatic ring is 1. The topological polar surface area (TPSA) is 53.1 Å². The van der Waals surface area contributed by atoms with Gasteiger partial charge in [-0.3, -0.25) is 5.41 Å². The molecule has 1 aliphatic rings. The number of rotatable bonds is 3. The third-order valence-electron chi connectivity index (χ3n) is 3.73. The monoisotopic (exact) mass is 301 g/mol. The highest BCUT2D eigenvalue weighted by Gasteiger charge is 2.24. The number of hydrogen-bond donors (Lipinski definition) is 2. The lowest BCUT2D eigenvalue weighted by molar-refractivity contribution is 0.628. The number of nitrogens with zero attached hydrogens (tertiary/aromatic N) is 1. The van der Waals surface area contributed by atoms with E-state index in [1.54, 1.807) is 17.8 Å². The highest BCUT2D eigenvalue weighted by atomic mass is 32.2. The Kier molecular flexibility index (Phi) is 3.59. The molecule has 0 fully saturated rings. The molecule has 0 aromatic heterocycles. The molecule has 0 amide bonds. The van der Waals surface area contributed by atoms with Crippen LogP contribution in [-0.2, 0) is 6.42 Å². The van der Waals surface area contributed by atoms with Crippen LogP contribution in [0.4, 0.5) is 15.8 Å². The summed E-state index contributed by atoms with van der Waals surface area (Å²) >= 11 is 1.56. The third kappa shape index (κ3) is 2.38. The van der Waals surface area contributed by atoms with Crippen LogP contribution >= 0.6 is 11.8 Å². The Morgan fingerprint density at radius 1 is 1.29 bits per heavy atom. The van der Waals surface area contributed by atoms with E-state index in [4.69, 9.17) is 11.1 Å². The molecule has 108 valence electrons. The molecular weight excluding hydrogens is 285 g/mol. The van der Waals surface area contributed by atoms with Crippen molar-refractivity contribution in [2.75, 3.05) is 17.7 Å². The fraction of sp³-hybridized carbons (Fsp3) is 0.188. The first-order chi connectivity index (χ1) is 10.1. The standard InChI is InChI=1S/C16H16FN3S/c1-21-14-4-2-3-12(15(14)16(18)19)20-8-7-10-5-6-11(17)9-13(10)20/h2-6,9H,7-8H2,1H3,(H3,18,19). The Balaban J connectivity index is 2.16. The van der Waals surface area contributed by atoms with Crippen molar-refractivity contribution in [2.45, 2.75) is 11.3 Å². The molecule has 0 bridgehead atoms. The molecule has 2 aromatic carbocycles. The fourth-order valence-corrected chi connectivity index (χ4v) is 3.42. The van der Waals surface area contributed by atoms with Gasteiger partial charge in [0.1, 0.15) is 11.7 Å². The largest absolute Gasteiger partial charge is 0.384 e. The first-order valence-corrected chi connectivity index (χ1v) is 7.91. The van der Waals surface area contributed by atoms with Crippen LogP contribution in [0, 0.1) is 11.2 Å². The summed E-state index contributed by atoms with van der Waals surface area (Å²) in [5, 5.41) is 7.87. The van der Waals surface area contributed by atoms with Gasteiger partial charge in [0.05, 0.1) is 11.3 Å². The van der Waals surface area contributed by atoms with Gasteiger partial charge in [0, 0.05) is 17.1 Å². The molecule has 0 radical (unpaired) electrons. The summed E-state index contributed by atoms with van der Waals surface area (Å²) in [5.74, 6) is -0.203. The summed E-state index contributed by atoms with van der Waals surface area (Å²) in [5.41, 5.74) is 9.37. The van der Waals surface area contributed by atoms with Crippen molar-refractivity contribution in [3.8, 4) is 0 Å². The lowest BCUT2D eigenvalue weighted by Crippen LogP contribution is -2.21. The number of nitrogens with two attached hydrogens (primary N) is 1. The van der Waals surface area contributed by atoms with Crippen molar-refractivity contribution in [1.29, 1.82) is 5.41 Å². The van der Waals surface area contributed by atoms with Gasteiger partial charge >= 0.3 is 0 Å². The maximum absolute atomic E-state index is 13.6. The van der Waals surface area contributed by atoms with Crippen LogP contribution in [0.5, 0.6) is 0 Å². The van der Waals surface area contributed by atoms with E-state index < -0.39 is 0 Å². The van der Waals surface area contributed by atoms with Crippen LogP contribution in [0.15, 0.2) is 41.3 Å². The molecule has 3 nitrogen and oxygen atoms in total. The molecule has 3 rings (SSSR count). The quantitative estimate of drug-likeness (QED) is 0.518. The summed E-state index contributed by atoms with van der Waals surface area (Å²) < 4.78 is 13.6. The normalized spacial score (nSPS) is 13.3. The minimum absolute atomic E-state index is 0.0415. The number of benzene rings is 2. The summed E-state index contributed by atoms with van der Waals surface area (Å²) in [6.07, 6.45) is 2.83. The number of hydrogen-bond acceptors (Lipinski definition) is 3. The van der Waals surface area contributed by atoms with Crippen molar-refractivity contribution in [1.82, 2.24) is 0 Å². The number of halogens is 1. The van der Waals surface area contributed by atoms with Crippen molar-refractivity contribution < 1.29 is 4.39 Å².